The van der Waals surface area contributed by atoms with Crippen molar-refractivity contribution in [3.63, 3.8) is 0 Å². The summed E-state index contributed by atoms with van der Waals surface area (Å²) in [5.74, 6) is 0.440. The molecule has 0 unspecified atom stereocenters. The summed E-state index contributed by atoms with van der Waals surface area (Å²) >= 11 is 0. The van der Waals surface area contributed by atoms with Crippen LogP contribution in [0.4, 0.5) is 0 Å². The quantitative estimate of drug-likeness (QED) is 0.711. The van der Waals surface area contributed by atoms with Gasteiger partial charge in [0.2, 0.25) is 10.0 Å². The fourth-order valence-electron chi connectivity index (χ4n) is 1.71. The van der Waals surface area contributed by atoms with Gasteiger partial charge in [-0.05, 0) is 30.0 Å². The number of ether oxygens (including phenoxy) is 1. The van der Waals surface area contributed by atoms with Crippen LogP contribution in [0.5, 0.6) is 0 Å². The first-order valence-electron chi connectivity index (χ1n) is 6.74. The SMILES string of the molecule is Cc1ccc(CN)cc1S(=O)(=O)NCCOCC(C)C. The van der Waals surface area contributed by atoms with E-state index in [0.717, 1.165) is 5.56 Å². The number of nitrogens with one attached hydrogen (secondary N) is 1. The van der Waals surface area contributed by atoms with E-state index in [4.69, 9.17) is 10.5 Å². The lowest BCUT2D eigenvalue weighted by Crippen LogP contribution is -2.28. The Morgan fingerprint density at radius 2 is 2.05 bits per heavy atom. The van der Waals surface area contributed by atoms with E-state index in [-0.39, 0.29) is 11.4 Å². The Hall–Kier alpha value is -0.950. The van der Waals surface area contributed by atoms with E-state index in [1.54, 1.807) is 19.1 Å². The first-order valence-corrected chi connectivity index (χ1v) is 8.22. The summed E-state index contributed by atoms with van der Waals surface area (Å²) in [7, 11) is -3.51. The maximum Gasteiger partial charge on any atom is 0.240 e. The lowest BCUT2D eigenvalue weighted by atomic mass is 10.1. The molecular weight excluding hydrogens is 276 g/mol. The molecule has 0 fully saturated rings. The largest absolute Gasteiger partial charge is 0.380 e. The number of hydrogen-bond acceptors (Lipinski definition) is 4. The zero-order valence-electron chi connectivity index (χ0n) is 12.3. The Morgan fingerprint density at radius 1 is 1.35 bits per heavy atom. The summed E-state index contributed by atoms with van der Waals surface area (Å²) in [6, 6.07) is 5.22. The summed E-state index contributed by atoms with van der Waals surface area (Å²) in [5, 5.41) is 0. The lowest BCUT2D eigenvalue weighted by molar-refractivity contribution is 0.114. The molecule has 0 radical (unpaired) electrons. The van der Waals surface area contributed by atoms with Gasteiger partial charge in [0, 0.05) is 19.7 Å². The van der Waals surface area contributed by atoms with Gasteiger partial charge in [-0.25, -0.2) is 13.1 Å². The minimum Gasteiger partial charge on any atom is -0.380 e. The highest BCUT2D eigenvalue weighted by Gasteiger charge is 2.16. The number of benzene rings is 1. The number of rotatable bonds is 8. The van der Waals surface area contributed by atoms with Crippen molar-refractivity contribution in [2.75, 3.05) is 19.8 Å². The Kier molecular flexibility index (Phi) is 6.61. The number of hydrogen-bond donors (Lipinski definition) is 2. The summed E-state index contributed by atoms with van der Waals surface area (Å²) in [4.78, 5) is 0.282. The highest BCUT2D eigenvalue weighted by molar-refractivity contribution is 7.89. The zero-order valence-corrected chi connectivity index (χ0v) is 13.2. The third kappa shape index (κ3) is 5.20. The Labute approximate surface area is 121 Å². The van der Waals surface area contributed by atoms with Gasteiger partial charge in [-0.2, -0.15) is 0 Å². The second kappa shape index (κ2) is 7.73. The van der Waals surface area contributed by atoms with E-state index in [0.29, 0.717) is 31.2 Å². The van der Waals surface area contributed by atoms with Gasteiger partial charge in [-0.1, -0.05) is 26.0 Å². The molecule has 0 bridgehead atoms. The molecular formula is C14H24N2O3S. The van der Waals surface area contributed by atoms with Crippen LogP contribution in [0.15, 0.2) is 23.1 Å². The molecule has 0 atom stereocenters. The van der Waals surface area contributed by atoms with E-state index < -0.39 is 10.0 Å². The first kappa shape index (κ1) is 17.1. The summed E-state index contributed by atoms with van der Waals surface area (Å²) in [6.45, 7) is 7.44. The minimum absolute atomic E-state index is 0.265. The topological polar surface area (TPSA) is 81.4 Å². The van der Waals surface area contributed by atoms with Crippen LogP contribution in [0.25, 0.3) is 0 Å². The number of aryl methyl sites for hydroxylation is 1. The third-order valence-corrected chi connectivity index (χ3v) is 4.37. The summed E-state index contributed by atoms with van der Waals surface area (Å²) in [6.07, 6.45) is 0. The normalized spacial score (nSPS) is 12.1. The van der Waals surface area contributed by atoms with E-state index in [1.165, 1.54) is 0 Å². The van der Waals surface area contributed by atoms with E-state index >= 15 is 0 Å². The predicted octanol–water partition coefficient (Wildman–Crippen LogP) is 1.40. The molecule has 6 heteroatoms. The van der Waals surface area contributed by atoms with Crippen molar-refractivity contribution in [2.45, 2.75) is 32.2 Å². The van der Waals surface area contributed by atoms with Crippen LogP contribution in [0.3, 0.4) is 0 Å². The van der Waals surface area contributed by atoms with Crippen LogP contribution in [-0.2, 0) is 21.3 Å². The van der Waals surface area contributed by atoms with Crippen LogP contribution >= 0.6 is 0 Å². The third-order valence-electron chi connectivity index (χ3n) is 2.77. The van der Waals surface area contributed by atoms with Crippen molar-refractivity contribution in [3.8, 4) is 0 Å². The molecule has 0 aliphatic heterocycles. The van der Waals surface area contributed by atoms with Crippen molar-refractivity contribution in [2.24, 2.45) is 11.7 Å². The highest BCUT2D eigenvalue weighted by atomic mass is 32.2. The number of sulfonamides is 1. The van der Waals surface area contributed by atoms with Crippen LogP contribution in [-0.4, -0.2) is 28.2 Å². The van der Waals surface area contributed by atoms with Crippen molar-refractivity contribution < 1.29 is 13.2 Å². The molecule has 1 aromatic rings. The van der Waals surface area contributed by atoms with E-state index in [1.807, 2.05) is 19.9 Å². The average molecular weight is 300 g/mol. The van der Waals surface area contributed by atoms with Gasteiger partial charge in [-0.3, -0.25) is 0 Å². The molecule has 0 aliphatic rings. The van der Waals surface area contributed by atoms with Gasteiger partial charge in [0.25, 0.3) is 0 Å². The van der Waals surface area contributed by atoms with Crippen LogP contribution in [0, 0.1) is 12.8 Å². The van der Waals surface area contributed by atoms with E-state index in [9.17, 15) is 8.42 Å². The molecule has 0 amide bonds. The second-order valence-corrected chi connectivity index (χ2v) is 6.91. The lowest BCUT2D eigenvalue weighted by Gasteiger charge is -2.11. The van der Waals surface area contributed by atoms with Gasteiger partial charge >= 0.3 is 0 Å². The standard InChI is InChI=1S/C14H24N2O3S/c1-11(2)10-19-7-6-16-20(17,18)14-8-13(9-15)5-4-12(14)3/h4-5,8,11,16H,6-7,9-10,15H2,1-3H3. The van der Waals surface area contributed by atoms with Crippen LogP contribution in [0.1, 0.15) is 25.0 Å². The van der Waals surface area contributed by atoms with Crippen LogP contribution in [0.2, 0.25) is 0 Å². The molecule has 114 valence electrons. The molecule has 5 nitrogen and oxygen atoms in total. The van der Waals surface area contributed by atoms with Crippen LogP contribution < -0.4 is 10.5 Å². The number of nitrogens with two attached hydrogens (primary N) is 1. The Morgan fingerprint density at radius 3 is 2.65 bits per heavy atom. The predicted molar refractivity (Wildman–Crippen MR) is 79.9 cm³/mol. The molecule has 0 spiro atoms. The van der Waals surface area contributed by atoms with Crippen molar-refractivity contribution in [3.05, 3.63) is 29.3 Å². The van der Waals surface area contributed by atoms with Gasteiger partial charge < -0.3 is 10.5 Å². The molecule has 0 saturated heterocycles. The monoisotopic (exact) mass is 300 g/mol. The van der Waals surface area contributed by atoms with Crippen molar-refractivity contribution >= 4 is 10.0 Å². The molecule has 3 N–H and O–H groups in total. The Bertz CT molecular complexity index is 527. The van der Waals surface area contributed by atoms with Gasteiger partial charge in [0.05, 0.1) is 11.5 Å². The molecule has 1 aromatic carbocycles. The maximum absolute atomic E-state index is 12.2. The zero-order chi connectivity index (χ0) is 15.2. The average Bonchev–Trinajstić information content (AvgIpc) is 2.38. The fraction of sp³-hybridized carbons (Fsp3) is 0.571. The second-order valence-electron chi connectivity index (χ2n) is 5.17. The minimum atomic E-state index is -3.51. The first-order chi connectivity index (χ1) is 9.36. The molecule has 0 saturated carbocycles. The smallest absolute Gasteiger partial charge is 0.240 e. The summed E-state index contributed by atoms with van der Waals surface area (Å²) in [5.41, 5.74) is 7.05. The fourth-order valence-corrected chi connectivity index (χ4v) is 3.01. The van der Waals surface area contributed by atoms with Crippen molar-refractivity contribution in [1.82, 2.24) is 4.72 Å². The van der Waals surface area contributed by atoms with E-state index in [2.05, 4.69) is 4.72 Å². The molecule has 1 rings (SSSR count). The molecule has 20 heavy (non-hydrogen) atoms. The Balaban J connectivity index is 2.64. The molecule has 0 heterocycles. The van der Waals surface area contributed by atoms with Crippen molar-refractivity contribution in [1.29, 1.82) is 0 Å². The van der Waals surface area contributed by atoms with Gasteiger partial charge in [0.1, 0.15) is 0 Å². The maximum atomic E-state index is 12.2. The molecule has 0 aliphatic carbocycles. The molecule has 0 aromatic heterocycles. The van der Waals surface area contributed by atoms with Gasteiger partial charge in [0.15, 0.2) is 0 Å². The highest BCUT2D eigenvalue weighted by Crippen LogP contribution is 2.16. The van der Waals surface area contributed by atoms with Gasteiger partial charge in [-0.15, -0.1) is 0 Å². The summed E-state index contributed by atoms with van der Waals surface area (Å²) < 4.78 is 32.3.